The van der Waals surface area contributed by atoms with E-state index in [9.17, 15) is 0 Å². The van der Waals surface area contributed by atoms with Crippen molar-refractivity contribution in [1.82, 2.24) is 0 Å². The van der Waals surface area contributed by atoms with Gasteiger partial charge in [0.15, 0.2) is 0 Å². The van der Waals surface area contributed by atoms with Gasteiger partial charge in [-0.25, -0.2) is 0 Å². The zero-order valence-electron chi connectivity index (χ0n) is 10.6. The van der Waals surface area contributed by atoms with Crippen LogP contribution in [0.25, 0.3) is 0 Å². The molecule has 1 atom stereocenters. The van der Waals surface area contributed by atoms with Crippen molar-refractivity contribution in [3.05, 3.63) is 34.9 Å². The second-order valence-corrected chi connectivity index (χ2v) is 5.81. The molecule has 2 N–H and O–H groups in total. The van der Waals surface area contributed by atoms with E-state index in [1.807, 2.05) is 0 Å². The van der Waals surface area contributed by atoms with Gasteiger partial charge in [0.2, 0.25) is 0 Å². The van der Waals surface area contributed by atoms with E-state index in [-0.39, 0.29) is 6.04 Å². The molecule has 1 heteroatoms. The van der Waals surface area contributed by atoms with Crippen molar-refractivity contribution >= 4 is 0 Å². The Morgan fingerprint density at radius 3 is 2.41 bits per heavy atom. The van der Waals surface area contributed by atoms with E-state index in [4.69, 9.17) is 5.73 Å². The number of hydrogen-bond donors (Lipinski definition) is 1. The number of aryl methyl sites for hydroxylation is 2. The predicted molar refractivity (Wildman–Crippen MR) is 72.0 cm³/mol. The van der Waals surface area contributed by atoms with Crippen LogP contribution in [-0.2, 0) is 12.8 Å². The highest BCUT2D eigenvalue weighted by Crippen LogP contribution is 2.35. The molecule has 0 amide bonds. The minimum absolute atomic E-state index is 0.282. The fraction of sp³-hybridized carbons (Fsp3) is 0.625. The third-order valence-corrected chi connectivity index (χ3v) is 4.67. The van der Waals surface area contributed by atoms with Crippen molar-refractivity contribution in [2.45, 2.75) is 57.4 Å². The third-order valence-electron chi connectivity index (χ3n) is 4.67. The molecule has 0 saturated heterocycles. The summed E-state index contributed by atoms with van der Waals surface area (Å²) >= 11 is 0. The Kier molecular flexibility index (Phi) is 3.19. The highest BCUT2D eigenvalue weighted by molar-refractivity contribution is 5.35. The minimum Gasteiger partial charge on any atom is -0.324 e. The largest absolute Gasteiger partial charge is 0.324 e. The lowest BCUT2D eigenvalue weighted by atomic mass is 9.86. The van der Waals surface area contributed by atoms with Gasteiger partial charge >= 0.3 is 0 Å². The molecule has 1 aromatic rings. The molecule has 3 rings (SSSR count). The third kappa shape index (κ3) is 2.26. The van der Waals surface area contributed by atoms with Crippen molar-refractivity contribution in [1.29, 1.82) is 0 Å². The maximum absolute atomic E-state index is 6.43. The Morgan fingerprint density at radius 1 is 0.941 bits per heavy atom. The van der Waals surface area contributed by atoms with Gasteiger partial charge in [0.1, 0.15) is 0 Å². The average Bonchev–Trinajstić information content (AvgIpc) is 2.91. The van der Waals surface area contributed by atoms with Crippen LogP contribution >= 0.6 is 0 Å². The maximum Gasteiger partial charge on any atom is 0.0323 e. The predicted octanol–water partition coefficient (Wildman–Crippen LogP) is 3.76. The van der Waals surface area contributed by atoms with Crippen LogP contribution in [0.2, 0.25) is 0 Å². The molecule has 0 heterocycles. The molecule has 92 valence electrons. The Hall–Kier alpha value is -0.820. The molecule has 1 nitrogen and oxygen atoms in total. The summed E-state index contributed by atoms with van der Waals surface area (Å²) in [5, 5.41) is 0. The van der Waals surface area contributed by atoms with Crippen LogP contribution in [0.5, 0.6) is 0 Å². The van der Waals surface area contributed by atoms with E-state index >= 15 is 0 Å². The first-order chi connectivity index (χ1) is 8.34. The first kappa shape index (κ1) is 11.3. The van der Waals surface area contributed by atoms with Gasteiger partial charge in [-0.05, 0) is 61.1 Å². The zero-order chi connectivity index (χ0) is 11.7. The van der Waals surface area contributed by atoms with Crippen LogP contribution in [0.4, 0.5) is 0 Å². The van der Waals surface area contributed by atoms with Gasteiger partial charge in [0, 0.05) is 6.04 Å². The van der Waals surface area contributed by atoms with Gasteiger partial charge < -0.3 is 5.73 Å². The maximum atomic E-state index is 6.43. The minimum atomic E-state index is 0.282. The van der Waals surface area contributed by atoms with Crippen LogP contribution in [0.1, 0.15) is 61.3 Å². The van der Waals surface area contributed by atoms with Gasteiger partial charge in [-0.3, -0.25) is 0 Å². The fourth-order valence-electron chi connectivity index (χ4n) is 3.55. The second-order valence-electron chi connectivity index (χ2n) is 5.81. The van der Waals surface area contributed by atoms with Crippen LogP contribution in [-0.4, -0.2) is 0 Å². The first-order valence-corrected chi connectivity index (χ1v) is 7.22. The van der Waals surface area contributed by atoms with Gasteiger partial charge in [0.25, 0.3) is 0 Å². The molecular formula is C16H23N. The average molecular weight is 229 g/mol. The van der Waals surface area contributed by atoms with Gasteiger partial charge in [-0.2, -0.15) is 0 Å². The normalized spacial score (nSPS) is 22.4. The summed E-state index contributed by atoms with van der Waals surface area (Å²) in [6, 6.07) is 7.30. The molecule has 1 unspecified atom stereocenters. The molecule has 2 aliphatic carbocycles. The van der Waals surface area contributed by atoms with Gasteiger partial charge in [-0.15, -0.1) is 0 Å². The SMILES string of the molecule is NC(c1ccc2c(c1)CCCC2)C1CCCC1. The van der Waals surface area contributed by atoms with E-state index in [0.717, 1.165) is 5.92 Å². The molecule has 0 aliphatic heterocycles. The Balaban J connectivity index is 1.82. The van der Waals surface area contributed by atoms with Crippen LogP contribution < -0.4 is 5.73 Å². The van der Waals surface area contributed by atoms with Gasteiger partial charge in [-0.1, -0.05) is 31.0 Å². The van der Waals surface area contributed by atoms with E-state index in [0.29, 0.717) is 0 Å². The summed E-state index contributed by atoms with van der Waals surface area (Å²) in [6.07, 6.45) is 10.7. The Labute approximate surface area is 104 Å². The van der Waals surface area contributed by atoms with Crippen molar-refractivity contribution in [3.8, 4) is 0 Å². The van der Waals surface area contributed by atoms with Crippen LogP contribution in [0.15, 0.2) is 18.2 Å². The highest BCUT2D eigenvalue weighted by atomic mass is 14.7. The lowest BCUT2D eigenvalue weighted by Gasteiger charge is -2.22. The Morgan fingerprint density at radius 2 is 1.65 bits per heavy atom. The standard InChI is InChI=1S/C16H23N/c17-16(13-6-2-3-7-13)15-10-9-12-5-1-4-8-14(12)11-15/h9-11,13,16H,1-8,17H2. The lowest BCUT2D eigenvalue weighted by Crippen LogP contribution is -2.19. The van der Waals surface area contributed by atoms with Crippen LogP contribution in [0, 0.1) is 5.92 Å². The van der Waals surface area contributed by atoms with Crippen molar-refractivity contribution in [2.75, 3.05) is 0 Å². The highest BCUT2D eigenvalue weighted by Gasteiger charge is 2.23. The number of benzene rings is 1. The number of nitrogens with two attached hydrogens (primary N) is 1. The molecule has 2 aliphatic rings. The molecule has 1 saturated carbocycles. The second kappa shape index (κ2) is 4.81. The zero-order valence-corrected chi connectivity index (χ0v) is 10.6. The molecule has 0 radical (unpaired) electrons. The van der Waals surface area contributed by atoms with Gasteiger partial charge in [0.05, 0.1) is 0 Å². The molecule has 0 aromatic heterocycles. The summed E-state index contributed by atoms with van der Waals surface area (Å²) in [5.41, 5.74) is 11.0. The summed E-state index contributed by atoms with van der Waals surface area (Å²) in [6.45, 7) is 0. The molecular weight excluding hydrogens is 206 g/mol. The smallest absolute Gasteiger partial charge is 0.0323 e. The summed E-state index contributed by atoms with van der Waals surface area (Å²) in [7, 11) is 0. The van der Waals surface area contributed by atoms with E-state index in [1.165, 1.54) is 56.9 Å². The van der Waals surface area contributed by atoms with Crippen molar-refractivity contribution in [2.24, 2.45) is 11.7 Å². The number of hydrogen-bond acceptors (Lipinski definition) is 1. The summed E-state index contributed by atoms with van der Waals surface area (Å²) in [4.78, 5) is 0. The van der Waals surface area contributed by atoms with Crippen molar-refractivity contribution in [3.63, 3.8) is 0 Å². The lowest BCUT2D eigenvalue weighted by molar-refractivity contribution is 0.444. The summed E-state index contributed by atoms with van der Waals surface area (Å²) in [5.74, 6) is 0.733. The molecule has 17 heavy (non-hydrogen) atoms. The molecule has 0 spiro atoms. The fourth-order valence-corrected chi connectivity index (χ4v) is 3.55. The molecule has 0 bridgehead atoms. The van der Waals surface area contributed by atoms with Crippen LogP contribution in [0.3, 0.4) is 0 Å². The molecule has 1 aromatic carbocycles. The van der Waals surface area contributed by atoms with E-state index < -0.39 is 0 Å². The topological polar surface area (TPSA) is 26.0 Å². The first-order valence-electron chi connectivity index (χ1n) is 7.22. The number of rotatable bonds is 2. The number of fused-ring (bicyclic) bond motifs is 1. The van der Waals surface area contributed by atoms with E-state index in [2.05, 4.69) is 18.2 Å². The Bertz CT molecular complexity index is 391. The van der Waals surface area contributed by atoms with E-state index in [1.54, 1.807) is 11.1 Å². The molecule has 1 fully saturated rings. The quantitative estimate of drug-likeness (QED) is 0.821. The summed E-state index contributed by atoms with van der Waals surface area (Å²) < 4.78 is 0. The van der Waals surface area contributed by atoms with Crippen molar-refractivity contribution < 1.29 is 0 Å². The monoisotopic (exact) mass is 229 g/mol.